The first-order valence-corrected chi connectivity index (χ1v) is 8.82. The first-order valence-electron chi connectivity index (χ1n) is 8.82. The molecular formula is C19H23N5O. The third-order valence-electron chi connectivity index (χ3n) is 4.56. The predicted molar refractivity (Wildman–Crippen MR) is 98.1 cm³/mol. The summed E-state index contributed by atoms with van der Waals surface area (Å²) in [7, 11) is 1.65. The van der Waals surface area contributed by atoms with Crippen LogP contribution < -0.4 is 5.32 Å². The van der Waals surface area contributed by atoms with E-state index in [1.807, 2.05) is 13.0 Å². The largest absolute Gasteiger partial charge is 0.377 e. The van der Waals surface area contributed by atoms with Crippen LogP contribution >= 0.6 is 0 Å². The van der Waals surface area contributed by atoms with E-state index in [9.17, 15) is 0 Å². The number of hydrogen-bond donors (Lipinski definition) is 1. The highest BCUT2D eigenvalue weighted by atomic mass is 16.5. The van der Waals surface area contributed by atoms with E-state index >= 15 is 0 Å². The van der Waals surface area contributed by atoms with Crippen molar-refractivity contribution < 1.29 is 4.74 Å². The number of benzene rings is 1. The number of ether oxygens (including phenoxy) is 1. The molecule has 0 unspecified atom stereocenters. The molecule has 0 fully saturated rings. The summed E-state index contributed by atoms with van der Waals surface area (Å²) >= 11 is 0. The molecule has 1 aliphatic heterocycles. The zero-order valence-corrected chi connectivity index (χ0v) is 14.7. The van der Waals surface area contributed by atoms with Gasteiger partial charge in [-0.15, -0.1) is 0 Å². The number of nitrogens with one attached hydrogen (secondary N) is 1. The number of aryl methyl sites for hydroxylation is 3. The van der Waals surface area contributed by atoms with Gasteiger partial charge in [-0.25, -0.2) is 15.0 Å². The molecule has 0 amide bonds. The van der Waals surface area contributed by atoms with Crippen molar-refractivity contribution in [2.45, 2.75) is 45.8 Å². The molecule has 1 aromatic carbocycles. The Hall–Kier alpha value is -2.47. The Morgan fingerprint density at radius 3 is 2.92 bits per heavy atom. The van der Waals surface area contributed by atoms with Crippen molar-refractivity contribution in [2.24, 2.45) is 0 Å². The maximum Gasteiger partial charge on any atom is 0.156 e. The molecule has 6 nitrogen and oxygen atoms in total. The molecule has 0 spiro atoms. The van der Waals surface area contributed by atoms with E-state index in [2.05, 4.69) is 38.1 Å². The average molecular weight is 337 g/mol. The summed E-state index contributed by atoms with van der Waals surface area (Å²) in [5.74, 6) is 2.67. The fourth-order valence-corrected chi connectivity index (χ4v) is 3.46. The van der Waals surface area contributed by atoms with Crippen LogP contribution in [0.15, 0.2) is 24.3 Å². The molecule has 1 N–H and O–H groups in total. The second-order valence-electron chi connectivity index (χ2n) is 6.56. The zero-order chi connectivity index (χ0) is 17.2. The Labute approximate surface area is 147 Å². The summed E-state index contributed by atoms with van der Waals surface area (Å²) in [6.45, 7) is 3.44. The van der Waals surface area contributed by atoms with Crippen molar-refractivity contribution in [3.05, 3.63) is 41.6 Å². The van der Waals surface area contributed by atoms with Gasteiger partial charge in [0.2, 0.25) is 0 Å². The highest BCUT2D eigenvalue weighted by Crippen LogP contribution is 2.25. The lowest BCUT2D eigenvalue weighted by Crippen LogP contribution is -2.03. The minimum absolute atomic E-state index is 0.406. The minimum atomic E-state index is 0.406. The van der Waals surface area contributed by atoms with Crippen molar-refractivity contribution in [1.29, 1.82) is 0 Å². The summed E-state index contributed by atoms with van der Waals surface area (Å²) in [5.41, 5.74) is 4.17. The maximum absolute atomic E-state index is 5.14. The van der Waals surface area contributed by atoms with E-state index in [1.165, 1.54) is 30.6 Å². The van der Waals surface area contributed by atoms with Crippen LogP contribution in [0.1, 0.15) is 36.6 Å². The molecule has 2 aromatic heterocycles. The topological polar surface area (TPSA) is 64.9 Å². The van der Waals surface area contributed by atoms with E-state index in [1.54, 1.807) is 7.11 Å². The van der Waals surface area contributed by atoms with Gasteiger partial charge < -0.3 is 14.6 Å². The van der Waals surface area contributed by atoms with Crippen LogP contribution in [-0.2, 0) is 24.3 Å². The quantitative estimate of drug-likeness (QED) is 0.785. The minimum Gasteiger partial charge on any atom is -0.377 e. The summed E-state index contributed by atoms with van der Waals surface area (Å²) < 4.78 is 7.51. The second-order valence-corrected chi connectivity index (χ2v) is 6.56. The van der Waals surface area contributed by atoms with Gasteiger partial charge in [-0.2, -0.15) is 0 Å². The maximum atomic E-state index is 5.14. The van der Waals surface area contributed by atoms with Gasteiger partial charge in [0.15, 0.2) is 5.82 Å². The van der Waals surface area contributed by atoms with Gasteiger partial charge in [-0.3, -0.25) is 0 Å². The third kappa shape index (κ3) is 3.35. The van der Waals surface area contributed by atoms with Gasteiger partial charge >= 0.3 is 0 Å². The number of methoxy groups -OCH3 is 1. The first kappa shape index (κ1) is 16.0. The van der Waals surface area contributed by atoms with Gasteiger partial charge in [-0.05, 0) is 38.0 Å². The SMILES string of the molecule is COCc1nc(C)cc(Nc2ccc3c(c2)nc2n3CCCCC2)n1. The third-order valence-corrected chi connectivity index (χ3v) is 4.56. The van der Waals surface area contributed by atoms with Crippen molar-refractivity contribution in [3.63, 3.8) is 0 Å². The lowest BCUT2D eigenvalue weighted by Gasteiger charge is -2.09. The van der Waals surface area contributed by atoms with Crippen molar-refractivity contribution in [2.75, 3.05) is 12.4 Å². The monoisotopic (exact) mass is 337 g/mol. The fraction of sp³-hybridized carbons (Fsp3) is 0.421. The predicted octanol–water partition coefficient (Wildman–Crippen LogP) is 3.75. The summed E-state index contributed by atoms with van der Waals surface area (Å²) in [5, 5.41) is 3.37. The number of imidazole rings is 1. The van der Waals surface area contributed by atoms with Crippen LogP contribution in [0, 0.1) is 6.92 Å². The van der Waals surface area contributed by atoms with Gasteiger partial charge in [0.1, 0.15) is 18.2 Å². The molecule has 4 rings (SSSR count). The molecule has 0 radical (unpaired) electrons. The van der Waals surface area contributed by atoms with Gasteiger partial charge in [0.05, 0.1) is 11.0 Å². The summed E-state index contributed by atoms with van der Waals surface area (Å²) in [4.78, 5) is 13.7. The Morgan fingerprint density at radius 1 is 1.12 bits per heavy atom. The number of fused-ring (bicyclic) bond motifs is 3. The molecule has 0 bridgehead atoms. The molecule has 6 heteroatoms. The van der Waals surface area contributed by atoms with Crippen LogP contribution in [0.3, 0.4) is 0 Å². The van der Waals surface area contributed by atoms with Crippen LogP contribution in [0.25, 0.3) is 11.0 Å². The van der Waals surface area contributed by atoms with Crippen molar-refractivity contribution in [1.82, 2.24) is 19.5 Å². The van der Waals surface area contributed by atoms with Crippen LogP contribution in [0.5, 0.6) is 0 Å². The lowest BCUT2D eigenvalue weighted by atomic mass is 10.2. The molecule has 0 atom stereocenters. The van der Waals surface area contributed by atoms with Crippen LogP contribution in [0.4, 0.5) is 11.5 Å². The zero-order valence-electron chi connectivity index (χ0n) is 14.7. The number of anilines is 2. The van der Waals surface area contributed by atoms with E-state index < -0.39 is 0 Å². The highest BCUT2D eigenvalue weighted by molar-refractivity contribution is 5.81. The standard InChI is InChI=1S/C19H23N5O/c1-13-10-17(23-18(20-13)12-25-2)21-14-7-8-16-15(11-14)22-19-6-4-3-5-9-24(16)19/h7-8,10-11H,3-6,9,12H2,1-2H3,(H,20,21,23). The van der Waals surface area contributed by atoms with E-state index in [0.29, 0.717) is 12.4 Å². The second kappa shape index (κ2) is 6.80. The molecule has 0 saturated carbocycles. The van der Waals surface area contributed by atoms with E-state index in [-0.39, 0.29) is 0 Å². The Balaban J connectivity index is 1.64. The Morgan fingerprint density at radius 2 is 2.04 bits per heavy atom. The highest BCUT2D eigenvalue weighted by Gasteiger charge is 2.14. The molecule has 3 heterocycles. The van der Waals surface area contributed by atoms with Crippen LogP contribution in [0.2, 0.25) is 0 Å². The molecule has 0 saturated heterocycles. The first-order chi connectivity index (χ1) is 12.2. The number of aromatic nitrogens is 4. The Kier molecular flexibility index (Phi) is 4.36. The van der Waals surface area contributed by atoms with Gasteiger partial charge in [0, 0.05) is 37.5 Å². The molecular weight excluding hydrogens is 314 g/mol. The molecule has 130 valence electrons. The molecule has 0 aliphatic carbocycles. The van der Waals surface area contributed by atoms with Crippen molar-refractivity contribution in [3.8, 4) is 0 Å². The fourth-order valence-electron chi connectivity index (χ4n) is 3.46. The Bertz CT molecular complexity index is 902. The average Bonchev–Trinajstić information content (AvgIpc) is 2.75. The van der Waals surface area contributed by atoms with E-state index in [0.717, 1.165) is 35.7 Å². The summed E-state index contributed by atoms with van der Waals surface area (Å²) in [6.07, 6.45) is 4.84. The number of hydrogen-bond acceptors (Lipinski definition) is 5. The van der Waals surface area contributed by atoms with Crippen molar-refractivity contribution >= 4 is 22.5 Å². The number of rotatable bonds is 4. The normalized spacial score (nSPS) is 14.3. The van der Waals surface area contributed by atoms with Gasteiger partial charge in [0.25, 0.3) is 0 Å². The van der Waals surface area contributed by atoms with Crippen LogP contribution in [-0.4, -0.2) is 26.6 Å². The van der Waals surface area contributed by atoms with Gasteiger partial charge in [-0.1, -0.05) is 6.42 Å². The molecule has 3 aromatic rings. The number of nitrogens with zero attached hydrogens (tertiary/aromatic N) is 4. The molecule has 25 heavy (non-hydrogen) atoms. The molecule has 1 aliphatic rings. The lowest BCUT2D eigenvalue weighted by molar-refractivity contribution is 0.177. The van der Waals surface area contributed by atoms with E-state index in [4.69, 9.17) is 9.72 Å². The smallest absolute Gasteiger partial charge is 0.156 e. The summed E-state index contributed by atoms with van der Waals surface area (Å²) in [6, 6.07) is 8.29.